The standard InChI is InChI=1S/C13H16NO2S/c1-3-12-14(9-13(15)16-4-2)10-7-5-6-8-11(10)17-12/h5-8H,3-4,9H2,1-2H3/q+1. The van der Waals surface area contributed by atoms with E-state index in [1.165, 1.54) is 9.71 Å². The molecule has 0 atom stereocenters. The van der Waals surface area contributed by atoms with Crippen molar-refractivity contribution in [3.63, 3.8) is 0 Å². The number of rotatable bonds is 4. The molecule has 0 saturated heterocycles. The molecule has 0 fully saturated rings. The Morgan fingerprint density at radius 3 is 2.82 bits per heavy atom. The molecule has 1 heterocycles. The molecule has 17 heavy (non-hydrogen) atoms. The molecule has 0 unspecified atom stereocenters. The van der Waals surface area contributed by atoms with Crippen LogP contribution in [0.2, 0.25) is 0 Å². The first-order chi connectivity index (χ1) is 8.26. The van der Waals surface area contributed by atoms with Crippen molar-refractivity contribution in [1.29, 1.82) is 0 Å². The van der Waals surface area contributed by atoms with Gasteiger partial charge in [-0.15, -0.1) is 0 Å². The molecule has 0 aliphatic carbocycles. The fourth-order valence-corrected chi connectivity index (χ4v) is 2.96. The van der Waals surface area contributed by atoms with Gasteiger partial charge < -0.3 is 4.74 Å². The van der Waals surface area contributed by atoms with E-state index in [4.69, 9.17) is 4.74 Å². The van der Waals surface area contributed by atoms with E-state index >= 15 is 0 Å². The average Bonchev–Trinajstić information content (AvgIpc) is 2.68. The number of ether oxygens (including phenoxy) is 1. The number of nitrogens with zero attached hydrogens (tertiary/aromatic N) is 1. The van der Waals surface area contributed by atoms with Crippen LogP contribution < -0.4 is 4.57 Å². The van der Waals surface area contributed by atoms with Crippen LogP contribution in [0, 0.1) is 0 Å². The summed E-state index contributed by atoms with van der Waals surface area (Å²) in [5.41, 5.74) is 1.11. The minimum atomic E-state index is -0.171. The summed E-state index contributed by atoms with van der Waals surface area (Å²) in [5, 5.41) is 1.21. The topological polar surface area (TPSA) is 30.2 Å². The highest BCUT2D eigenvalue weighted by atomic mass is 32.1. The second kappa shape index (κ2) is 5.27. The number of esters is 1. The minimum absolute atomic E-state index is 0.171. The maximum Gasteiger partial charge on any atom is 0.372 e. The number of para-hydroxylation sites is 1. The van der Waals surface area contributed by atoms with Crippen LogP contribution in [0.1, 0.15) is 18.9 Å². The predicted octanol–water partition coefficient (Wildman–Crippen LogP) is 2.31. The molecular formula is C13H16NO2S+. The molecule has 4 heteroatoms. The zero-order chi connectivity index (χ0) is 12.3. The van der Waals surface area contributed by atoms with Crippen LogP contribution in [0.5, 0.6) is 0 Å². The van der Waals surface area contributed by atoms with Gasteiger partial charge in [-0.05, 0) is 13.0 Å². The Labute approximate surface area is 105 Å². The summed E-state index contributed by atoms with van der Waals surface area (Å²) in [6, 6.07) is 8.15. The maximum absolute atomic E-state index is 11.6. The second-order valence-electron chi connectivity index (χ2n) is 3.71. The van der Waals surface area contributed by atoms with Gasteiger partial charge >= 0.3 is 5.97 Å². The number of hydrogen-bond acceptors (Lipinski definition) is 3. The van der Waals surface area contributed by atoms with Crippen molar-refractivity contribution >= 4 is 27.5 Å². The molecule has 0 radical (unpaired) electrons. The van der Waals surface area contributed by atoms with E-state index < -0.39 is 0 Å². The Hall–Kier alpha value is -1.42. The predicted molar refractivity (Wildman–Crippen MR) is 68.0 cm³/mol. The lowest BCUT2D eigenvalue weighted by molar-refractivity contribution is -0.663. The molecule has 0 bridgehead atoms. The zero-order valence-electron chi connectivity index (χ0n) is 10.1. The molecule has 2 aromatic rings. The first-order valence-corrected chi connectivity index (χ1v) is 6.63. The van der Waals surface area contributed by atoms with Crippen LogP contribution in [0.4, 0.5) is 0 Å². The van der Waals surface area contributed by atoms with Gasteiger partial charge in [0.05, 0.1) is 6.61 Å². The quantitative estimate of drug-likeness (QED) is 0.616. The van der Waals surface area contributed by atoms with Crippen LogP contribution in [-0.4, -0.2) is 12.6 Å². The molecule has 0 aliphatic rings. The molecule has 0 N–H and O–H groups in total. The third kappa shape index (κ3) is 2.47. The number of hydrogen-bond donors (Lipinski definition) is 0. The number of aryl methyl sites for hydroxylation is 1. The van der Waals surface area contributed by atoms with E-state index in [2.05, 4.69) is 17.6 Å². The van der Waals surface area contributed by atoms with Gasteiger partial charge in [0.2, 0.25) is 17.1 Å². The first-order valence-electron chi connectivity index (χ1n) is 5.82. The highest BCUT2D eigenvalue weighted by Gasteiger charge is 2.21. The molecule has 0 aliphatic heterocycles. The Kier molecular flexibility index (Phi) is 3.74. The van der Waals surface area contributed by atoms with E-state index in [9.17, 15) is 4.79 Å². The molecular weight excluding hydrogens is 234 g/mol. The SMILES string of the molecule is CCOC(=O)C[n+]1c(CC)sc2ccccc21. The van der Waals surface area contributed by atoms with Crippen molar-refractivity contribution in [2.45, 2.75) is 26.8 Å². The number of aromatic nitrogens is 1. The lowest BCUT2D eigenvalue weighted by atomic mass is 10.3. The van der Waals surface area contributed by atoms with Crippen molar-refractivity contribution in [2.24, 2.45) is 0 Å². The molecule has 90 valence electrons. The van der Waals surface area contributed by atoms with Crippen molar-refractivity contribution in [3.8, 4) is 0 Å². The van der Waals surface area contributed by atoms with Crippen LogP contribution >= 0.6 is 11.3 Å². The van der Waals surface area contributed by atoms with Gasteiger partial charge in [-0.2, -0.15) is 4.57 Å². The number of thiazole rings is 1. The normalized spacial score (nSPS) is 10.7. The summed E-state index contributed by atoms with van der Waals surface area (Å²) in [7, 11) is 0. The largest absolute Gasteiger partial charge is 0.461 e. The van der Waals surface area contributed by atoms with Crippen LogP contribution in [0.25, 0.3) is 10.2 Å². The molecule has 3 nitrogen and oxygen atoms in total. The summed E-state index contributed by atoms with van der Waals surface area (Å²) >= 11 is 1.74. The van der Waals surface area contributed by atoms with E-state index in [0.717, 1.165) is 11.9 Å². The monoisotopic (exact) mass is 250 g/mol. The zero-order valence-corrected chi connectivity index (χ0v) is 10.9. The van der Waals surface area contributed by atoms with Crippen LogP contribution in [0.15, 0.2) is 24.3 Å². The Morgan fingerprint density at radius 2 is 2.12 bits per heavy atom. The molecule has 0 saturated carbocycles. The second-order valence-corrected chi connectivity index (χ2v) is 4.82. The summed E-state index contributed by atoms with van der Waals surface area (Å²) in [4.78, 5) is 11.6. The number of carbonyl (C=O) groups is 1. The lowest BCUT2D eigenvalue weighted by Crippen LogP contribution is -2.40. The van der Waals surface area contributed by atoms with Gasteiger partial charge in [0.1, 0.15) is 4.70 Å². The summed E-state index contributed by atoms with van der Waals surface area (Å²) in [6.45, 7) is 4.67. The summed E-state index contributed by atoms with van der Waals surface area (Å²) < 4.78 is 8.28. The van der Waals surface area contributed by atoms with Gasteiger partial charge in [-0.25, -0.2) is 4.79 Å². The summed E-state index contributed by atoms with van der Waals surface area (Å²) in [6.07, 6.45) is 0.929. The van der Waals surface area contributed by atoms with E-state index in [0.29, 0.717) is 13.2 Å². The van der Waals surface area contributed by atoms with Crippen molar-refractivity contribution in [1.82, 2.24) is 0 Å². The van der Waals surface area contributed by atoms with E-state index in [1.54, 1.807) is 11.3 Å². The third-order valence-corrected chi connectivity index (χ3v) is 3.89. The van der Waals surface area contributed by atoms with Crippen molar-refractivity contribution < 1.29 is 14.1 Å². The maximum atomic E-state index is 11.6. The summed E-state index contributed by atoms with van der Waals surface area (Å²) in [5.74, 6) is -0.171. The smallest absolute Gasteiger partial charge is 0.372 e. The number of benzene rings is 1. The number of fused-ring (bicyclic) bond motifs is 1. The van der Waals surface area contributed by atoms with Crippen LogP contribution in [-0.2, 0) is 22.5 Å². The van der Waals surface area contributed by atoms with E-state index in [-0.39, 0.29) is 5.97 Å². The fraction of sp³-hybridized carbons (Fsp3) is 0.385. The van der Waals surface area contributed by atoms with Gasteiger partial charge in [0, 0.05) is 12.5 Å². The lowest BCUT2D eigenvalue weighted by Gasteiger charge is -1.99. The van der Waals surface area contributed by atoms with Gasteiger partial charge in [-0.1, -0.05) is 30.4 Å². The van der Waals surface area contributed by atoms with Gasteiger partial charge in [0.15, 0.2) is 0 Å². The molecule has 0 amide bonds. The van der Waals surface area contributed by atoms with Crippen LogP contribution in [0.3, 0.4) is 0 Å². The van der Waals surface area contributed by atoms with Crippen molar-refractivity contribution in [2.75, 3.05) is 6.61 Å². The molecule has 2 rings (SSSR count). The fourth-order valence-electron chi connectivity index (χ4n) is 1.85. The number of carbonyl (C=O) groups excluding carboxylic acids is 1. The van der Waals surface area contributed by atoms with Gasteiger partial charge in [-0.3, -0.25) is 0 Å². The third-order valence-electron chi connectivity index (χ3n) is 2.58. The van der Waals surface area contributed by atoms with Gasteiger partial charge in [0.25, 0.3) is 0 Å². The molecule has 1 aromatic heterocycles. The molecule has 1 aromatic carbocycles. The Bertz CT molecular complexity index is 533. The Balaban J connectivity index is 2.39. The minimum Gasteiger partial charge on any atom is -0.461 e. The molecule has 0 spiro atoms. The highest BCUT2D eigenvalue weighted by molar-refractivity contribution is 7.18. The average molecular weight is 250 g/mol. The Morgan fingerprint density at radius 1 is 1.35 bits per heavy atom. The van der Waals surface area contributed by atoms with Crippen molar-refractivity contribution in [3.05, 3.63) is 29.3 Å². The first kappa shape index (κ1) is 12.0. The van der Waals surface area contributed by atoms with E-state index in [1.807, 2.05) is 25.1 Å². The highest BCUT2D eigenvalue weighted by Crippen LogP contribution is 2.20.